The normalized spacial score (nSPS) is 10.8. The third-order valence-electron chi connectivity index (χ3n) is 1.69. The Bertz CT molecular complexity index is 319. The second-order valence-electron chi connectivity index (χ2n) is 3.01. The maximum Gasteiger partial charge on any atom is 0.195 e. The van der Waals surface area contributed by atoms with Gasteiger partial charge in [0.05, 0.1) is 17.8 Å². The van der Waals surface area contributed by atoms with E-state index in [4.69, 9.17) is 17.3 Å². The number of Topliss-reactive ketones (excluding diaryl/α,β-unsaturated/α-hetero) is 1. The Hall–Kier alpha value is -0.870. The van der Waals surface area contributed by atoms with E-state index in [2.05, 4.69) is 5.10 Å². The van der Waals surface area contributed by atoms with E-state index < -0.39 is 0 Å². The van der Waals surface area contributed by atoms with Gasteiger partial charge in [-0.25, -0.2) is 0 Å². The Morgan fingerprint density at radius 3 is 2.85 bits per heavy atom. The second kappa shape index (κ2) is 3.89. The van der Waals surface area contributed by atoms with E-state index >= 15 is 0 Å². The number of ketones is 1. The minimum atomic E-state index is -0.184. The summed E-state index contributed by atoms with van der Waals surface area (Å²) in [5.41, 5.74) is 5.65. The van der Waals surface area contributed by atoms with Gasteiger partial charge in [0, 0.05) is 6.04 Å². The third-order valence-corrected chi connectivity index (χ3v) is 1.97. The van der Waals surface area contributed by atoms with Crippen LogP contribution >= 0.6 is 11.6 Å². The molecule has 1 aromatic heterocycles. The molecule has 0 saturated heterocycles. The van der Waals surface area contributed by atoms with Gasteiger partial charge in [0.1, 0.15) is 5.69 Å². The zero-order valence-corrected chi connectivity index (χ0v) is 8.38. The van der Waals surface area contributed by atoms with Crippen LogP contribution in [0, 0.1) is 0 Å². The van der Waals surface area contributed by atoms with Crippen molar-refractivity contribution in [1.29, 1.82) is 0 Å². The topological polar surface area (TPSA) is 60.9 Å². The summed E-state index contributed by atoms with van der Waals surface area (Å²) >= 11 is 5.80. The molecule has 0 aliphatic heterocycles. The van der Waals surface area contributed by atoms with Gasteiger partial charge in [-0.1, -0.05) is 11.6 Å². The smallest absolute Gasteiger partial charge is 0.195 e. The van der Waals surface area contributed by atoms with Crippen LogP contribution < -0.4 is 5.73 Å². The van der Waals surface area contributed by atoms with Gasteiger partial charge in [-0.3, -0.25) is 9.48 Å². The van der Waals surface area contributed by atoms with Gasteiger partial charge >= 0.3 is 0 Å². The third kappa shape index (κ3) is 1.89. The molecule has 0 aliphatic carbocycles. The highest BCUT2D eigenvalue weighted by Crippen LogP contribution is 2.18. The van der Waals surface area contributed by atoms with E-state index in [-0.39, 0.29) is 18.4 Å². The summed E-state index contributed by atoms with van der Waals surface area (Å²) in [6, 6.07) is 0.109. The van der Waals surface area contributed by atoms with Crippen LogP contribution in [-0.2, 0) is 0 Å². The Balaban J connectivity index is 3.16. The van der Waals surface area contributed by atoms with Crippen LogP contribution in [0.1, 0.15) is 30.4 Å². The standard InChI is InChI=1S/C8H12ClN3O/c1-5(2)12-8(7(13)3-10)6(9)4-11-12/h4-5H,3,10H2,1-2H3. The molecule has 13 heavy (non-hydrogen) atoms. The molecule has 0 fully saturated rings. The molecule has 1 rings (SSSR count). The molecule has 0 saturated carbocycles. The van der Waals surface area contributed by atoms with Gasteiger partial charge < -0.3 is 5.73 Å². The first-order chi connectivity index (χ1) is 6.07. The van der Waals surface area contributed by atoms with Crippen molar-refractivity contribution in [3.63, 3.8) is 0 Å². The first-order valence-electron chi connectivity index (χ1n) is 4.04. The molecule has 0 aliphatic rings. The van der Waals surface area contributed by atoms with Crippen molar-refractivity contribution >= 4 is 17.4 Å². The fourth-order valence-electron chi connectivity index (χ4n) is 1.09. The van der Waals surface area contributed by atoms with E-state index in [1.165, 1.54) is 6.20 Å². The van der Waals surface area contributed by atoms with E-state index in [0.29, 0.717) is 10.7 Å². The molecule has 72 valence electrons. The molecule has 2 N–H and O–H groups in total. The monoisotopic (exact) mass is 201 g/mol. The highest BCUT2D eigenvalue weighted by atomic mass is 35.5. The summed E-state index contributed by atoms with van der Waals surface area (Å²) in [4.78, 5) is 11.4. The number of nitrogens with two attached hydrogens (primary N) is 1. The van der Waals surface area contributed by atoms with Crippen molar-refractivity contribution in [2.24, 2.45) is 5.73 Å². The lowest BCUT2D eigenvalue weighted by molar-refractivity contribution is 0.0989. The first kappa shape index (κ1) is 10.2. The molecule has 0 unspecified atom stereocenters. The number of carbonyl (C=O) groups excluding carboxylic acids is 1. The highest BCUT2D eigenvalue weighted by Gasteiger charge is 2.17. The lowest BCUT2D eigenvalue weighted by atomic mass is 10.2. The number of hydrogen-bond donors (Lipinski definition) is 1. The molecule has 0 spiro atoms. The molecule has 0 radical (unpaired) electrons. The molecule has 0 atom stereocenters. The molecule has 0 aromatic carbocycles. The molecule has 1 heterocycles. The van der Waals surface area contributed by atoms with Crippen LogP contribution in [0.5, 0.6) is 0 Å². The molecule has 4 nitrogen and oxygen atoms in total. The number of rotatable bonds is 3. The summed E-state index contributed by atoms with van der Waals surface area (Å²) in [5, 5.41) is 4.36. The SMILES string of the molecule is CC(C)n1ncc(Cl)c1C(=O)CN. The minimum Gasteiger partial charge on any atom is -0.324 e. The van der Waals surface area contributed by atoms with Crippen molar-refractivity contribution in [2.75, 3.05) is 6.54 Å². The van der Waals surface area contributed by atoms with Crippen molar-refractivity contribution in [3.8, 4) is 0 Å². The van der Waals surface area contributed by atoms with Crippen LogP contribution in [0.2, 0.25) is 5.02 Å². The minimum absolute atomic E-state index is 0.0435. The summed E-state index contributed by atoms with van der Waals surface area (Å²) in [7, 11) is 0. The van der Waals surface area contributed by atoms with E-state index in [9.17, 15) is 4.79 Å². The molecular weight excluding hydrogens is 190 g/mol. The van der Waals surface area contributed by atoms with E-state index in [1.54, 1.807) is 4.68 Å². The average molecular weight is 202 g/mol. The van der Waals surface area contributed by atoms with Crippen molar-refractivity contribution < 1.29 is 4.79 Å². The van der Waals surface area contributed by atoms with Crippen LogP contribution in [0.15, 0.2) is 6.20 Å². The molecule has 1 aromatic rings. The Labute approximate surface area is 81.7 Å². The predicted octanol–water partition coefficient (Wildman–Crippen LogP) is 1.26. The van der Waals surface area contributed by atoms with Crippen LogP contribution in [-0.4, -0.2) is 22.1 Å². The van der Waals surface area contributed by atoms with Gasteiger partial charge in [-0.2, -0.15) is 5.10 Å². The number of nitrogens with zero attached hydrogens (tertiary/aromatic N) is 2. The summed E-state index contributed by atoms with van der Waals surface area (Å²) in [6.07, 6.45) is 1.46. The van der Waals surface area contributed by atoms with Gasteiger partial charge in [0.25, 0.3) is 0 Å². The quantitative estimate of drug-likeness (QED) is 0.749. The summed E-state index contributed by atoms with van der Waals surface area (Å²) < 4.78 is 1.58. The van der Waals surface area contributed by atoms with Crippen LogP contribution in [0.3, 0.4) is 0 Å². The Morgan fingerprint density at radius 2 is 2.38 bits per heavy atom. The number of halogens is 1. The van der Waals surface area contributed by atoms with Gasteiger partial charge in [0.2, 0.25) is 0 Å². The lowest BCUT2D eigenvalue weighted by Crippen LogP contribution is -2.19. The van der Waals surface area contributed by atoms with Crippen LogP contribution in [0.4, 0.5) is 0 Å². The van der Waals surface area contributed by atoms with Crippen molar-refractivity contribution in [1.82, 2.24) is 9.78 Å². The zero-order valence-electron chi connectivity index (χ0n) is 7.62. The predicted molar refractivity (Wildman–Crippen MR) is 51.0 cm³/mol. The zero-order chi connectivity index (χ0) is 10.0. The van der Waals surface area contributed by atoms with E-state index in [0.717, 1.165) is 0 Å². The Kier molecular flexibility index (Phi) is 3.06. The fraction of sp³-hybridized carbons (Fsp3) is 0.500. The molecular formula is C8H12ClN3O. The second-order valence-corrected chi connectivity index (χ2v) is 3.41. The number of carbonyl (C=O) groups is 1. The van der Waals surface area contributed by atoms with Gasteiger partial charge in [-0.15, -0.1) is 0 Å². The fourth-order valence-corrected chi connectivity index (χ4v) is 1.33. The molecule has 5 heteroatoms. The first-order valence-corrected chi connectivity index (χ1v) is 4.42. The van der Waals surface area contributed by atoms with E-state index in [1.807, 2.05) is 13.8 Å². The Morgan fingerprint density at radius 1 is 1.77 bits per heavy atom. The summed E-state index contributed by atoms with van der Waals surface area (Å²) in [6.45, 7) is 3.81. The largest absolute Gasteiger partial charge is 0.324 e. The average Bonchev–Trinajstić information content (AvgIpc) is 2.46. The van der Waals surface area contributed by atoms with Crippen molar-refractivity contribution in [2.45, 2.75) is 19.9 Å². The molecule has 0 amide bonds. The highest BCUT2D eigenvalue weighted by molar-refractivity contribution is 6.33. The maximum absolute atomic E-state index is 11.4. The van der Waals surface area contributed by atoms with Gasteiger partial charge in [0.15, 0.2) is 5.78 Å². The van der Waals surface area contributed by atoms with Crippen LogP contribution in [0.25, 0.3) is 0 Å². The number of hydrogen-bond acceptors (Lipinski definition) is 3. The van der Waals surface area contributed by atoms with Crippen molar-refractivity contribution in [3.05, 3.63) is 16.9 Å². The van der Waals surface area contributed by atoms with Gasteiger partial charge in [-0.05, 0) is 13.8 Å². The maximum atomic E-state index is 11.4. The number of aromatic nitrogens is 2. The lowest BCUT2D eigenvalue weighted by Gasteiger charge is -2.09. The summed E-state index contributed by atoms with van der Waals surface area (Å²) in [5.74, 6) is -0.184. The molecule has 0 bridgehead atoms.